The molecule has 0 saturated carbocycles. The first-order chi connectivity index (χ1) is 14.0. The van der Waals surface area contributed by atoms with Crippen LogP contribution >= 0.6 is 0 Å². The SMILES string of the molecule is O=C(NCCS(=O)(=O)N1CCN(c2ccccn2)CC1)c1ccc2c(c1)OCO2. The number of benzene rings is 1. The van der Waals surface area contributed by atoms with Crippen LogP contribution in [-0.4, -0.2) is 68.9 Å². The predicted molar refractivity (Wildman–Crippen MR) is 107 cm³/mol. The Hall–Kier alpha value is -2.85. The third-order valence-electron chi connectivity index (χ3n) is 4.89. The Bertz CT molecular complexity index is 975. The van der Waals surface area contributed by atoms with E-state index in [0.717, 1.165) is 5.82 Å². The van der Waals surface area contributed by atoms with E-state index in [9.17, 15) is 13.2 Å². The van der Waals surface area contributed by atoms with Gasteiger partial charge >= 0.3 is 0 Å². The molecule has 1 saturated heterocycles. The predicted octanol–water partition coefficient (Wildman–Crippen LogP) is 0.692. The van der Waals surface area contributed by atoms with E-state index < -0.39 is 10.0 Å². The van der Waals surface area contributed by atoms with Gasteiger partial charge in [-0.1, -0.05) is 6.07 Å². The lowest BCUT2D eigenvalue weighted by molar-refractivity contribution is 0.0955. The van der Waals surface area contributed by atoms with Gasteiger partial charge in [-0.25, -0.2) is 13.4 Å². The van der Waals surface area contributed by atoms with Gasteiger partial charge in [-0.15, -0.1) is 0 Å². The van der Waals surface area contributed by atoms with E-state index in [0.29, 0.717) is 43.2 Å². The smallest absolute Gasteiger partial charge is 0.251 e. The molecule has 2 aliphatic rings. The summed E-state index contributed by atoms with van der Waals surface area (Å²) in [6.45, 7) is 2.13. The van der Waals surface area contributed by atoms with Crippen LogP contribution in [0.25, 0.3) is 0 Å². The Kier molecular flexibility index (Phi) is 5.54. The molecule has 2 aliphatic heterocycles. The van der Waals surface area contributed by atoms with Crippen LogP contribution in [0.4, 0.5) is 5.82 Å². The summed E-state index contributed by atoms with van der Waals surface area (Å²) in [5, 5.41) is 2.66. The first-order valence-corrected chi connectivity index (χ1v) is 11.0. The van der Waals surface area contributed by atoms with Gasteiger partial charge in [-0.3, -0.25) is 4.79 Å². The van der Waals surface area contributed by atoms with E-state index in [1.807, 2.05) is 18.2 Å². The fourth-order valence-electron chi connectivity index (χ4n) is 3.30. The molecule has 154 valence electrons. The summed E-state index contributed by atoms with van der Waals surface area (Å²) in [7, 11) is -3.45. The fraction of sp³-hybridized carbons (Fsp3) is 0.368. The molecule has 0 atom stereocenters. The van der Waals surface area contributed by atoms with E-state index in [2.05, 4.69) is 15.2 Å². The molecule has 1 aromatic heterocycles. The first kappa shape index (κ1) is 19.5. The molecule has 2 aromatic rings. The Morgan fingerprint density at radius 3 is 2.62 bits per heavy atom. The Labute approximate surface area is 169 Å². The number of rotatable bonds is 6. The van der Waals surface area contributed by atoms with Crippen molar-refractivity contribution in [1.29, 1.82) is 0 Å². The van der Waals surface area contributed by atoms with Crippen molar-refractivity contribution >= 4 is 21.7 Å². The van der Waals surface area contributed by atoms with Gasteiger partial charge < -0.3 is 19.7 Å². The maximum absolute atomic E-state index is 12.6. The molecule has 4 rings (SSSR count). The highest BCUT2D eigenvalue weighted by atomic mass is 32.2. The topological polar surface area (TPSA) is 101 Å². The summed E-state index contributed by atoms with van der Waals surface area (Å²) in [6, 6.07) is 10.5. The van der Waals surface area contributed by atoms with Crippen molar-refractivity contribution in [2.75, 3.05) is 50.2 Å². The number of ether oxygens (including phenoxy) is 2. The number of amides is 1. The number of sulfonamides is 1. The van der Waals surface area contributed by atoms with Crippen molar-refractivity contribution in [3.8, 4) is 11.5 Å². The summed E-state index contributed by atoms with van der Waals surface area (Å²) in [4.78, 5) is 18.6. The van der Waals surface area contributed by atoms with Crippen molar-refractivity contribution in [2.45, 2.75) is 0 Å². The molecule has 1 N–H and O–H groups in total. The van der Waals surface area contributed by atoms with E-state index in [1.165, 1.54) is 4.31 Å². The highest BCUT2D eigenvalue weighted by Crippen LogP contribution is 2.32. The monoisotopic (exact) mass is 418 g/mol. The van der Waals surface area contributed by atoms with Gasteiger partial charge in [-0.2, -0.15) is 4.31 Å². The number of aromatic nitrogens is 1. The third kappa shape index (κ3) is 4.43. The van der Waals surface area contributed by atoms with Gasteiger partial charge in [-0.05, 0) is 30.3 Å². The number of nitrogens with one attached hydrogen (secondary N) is 1. The number of nitrogens with zero attached hydrogens (tertiary/aromatic N) is 3. The molecule has 9 nitrogen and oxygen atoms in total. The molecular weight excluding hydrogens is 396 g/mol. The van der Waals surface area contributed by atoms with Crippen LogP contribution in [0, 0.1) is 0 Å². The van der Waals surface area contributed by atoms with E-state index in [4.69, 9.17) is 9.47 Å². The molecule has 0 radical (unpaired) electrons. The van der Waals surface area contributed by atoms with Gasteiger partial charge in [0.1, 0.15) is 5.82 Å². The van der Waals surface area contributed by atoms with Crippen LogP contribution in [-0.2, 0) is 10.0 Å². The minimum atomic E-state index is -3.45. The number of carbonyl (C=O) groups is 1. The first-order valence-electron chi connectivity index (χ1n) is 9.34. The Balaban J connectivity index is 1.27. The van der Waals surface area contributed by atoms with Gasteiger partial charge in [0.15, 0.2) is 11.5 Å². The highest BCUT2D eigenvalue weighted by molar-refractivity contribution is 7.89. The highest BCUT2D eigenvalue weighted by Gasteiger charge is 2.27. The molecule has 29 heavy (non-hydrogen) atoms. The number of anilines is 1. The number of piperazine rings is 1. The van der Waals surface area contributed by atoms with E-state index in [1.54, 1.807) is 24.4 Å². The van der Waals surface area contributed by atoms with Crippen LogP contribution in [0.3, 0.4) is 0 Å². The quantitative estimate of drug-likeness (QED) is 0.737. The summed E-state index contributed by atoms with van der Waals surface area (Å²) >= 11 is 0. The zero-order chi connectivity index (χ0) is 20.3. The van der Waals surface area contributed by atoms with E-state index in [-0.39, 0.29) is 25.0 Å². The second-order valence-electron chi connectivity index (χ2n) is 6.71. The largest absolute Gasteiger partial charge is 0.454 e. The van der Waals surface area contributed by atoms with Gasteiger partial charge in [0.05, 0.1) is 5.75 Å². The van der Waals surface area contributed by atoms with Gasteiger partial charge in [0.25, 0.3) is 5.91 Å². The molecule has 3 heterocycles. The molecule has 1 aromatic carbocycles. The number of fused-ring (bicyclic) bond motifs is 1. The normalized spacial score (nSPS) is 16.6. The molecule has 0 bridgehead atoms. The molecule has 10 heteroatoms. The second kappa shape index (κ2) is 8.26. The number of hydrogen-bond donors (Lipinski definition) is 1. The number of pyridine rings is 1. The summed E-state index contributed by atoms with van der Waals surface area (Å²) in [5.41, 5.74) is 0.399. The van der Waals surface area contributed by atoms with Crippen LogP contribution in [0.15, 0.2) is 42.6 Å². The third-order valence-corrected chi connectivity index (χ3v) is 6.76. The standard InChI is InChI=1S/C19H22N4O5S/c24-19(15-4-5-16-17(13-15)28-14-27-16)21-7-12-29(25,26)23-10-8-22(9-11-23)18-3-1-2-6-20-18/h1-6,13H,7-12,14H2,(H,21,24). The molecule has 1 amide bonds. The molecular formula is C19H22N4O5S. The lowest BCUT2D eigenvalue weighted by atomic mass is 10.2. The Morgan fingerprint density at radius 1 is 1.07 bits per heavy atom. The van der Waals surface area contributed by atoms with Crippen molar-refractivity contribution in [2.24, 2.45) is 0 Å². The average molecular weight is 418 g/mol. The molecule has 0 aliphatic carbocycles. The van der Waals surface area contributed by atoms with Crippen LogP contribution in [0.2, 0.25) is 0 Å². The molecule has 0 unspecified atom stereocenters. The fourth-order valence-corrected chi connectivity index (χ4v) is 4.64. The summed E-state index contributed by atoms with van der Waals surface area (Å²) in [6.07, 6.45) is 1.72. The zero-order valence-corrected chi connectivity index (χ0v) is 16.6. The van der Waals surface area contributed by atoms with Crippen LogP contribution in [0.5, 0.6) is 11.5 Å². The van der Waals surface area contributed by atoms with Crippen molar-refractivity contribution < 1.29 is 22.7 Å². The van der Waals surface area contributed by atoms with Crippen molar-refractivity contribution in [3.05, 3.63) is 48.2 Å². The Morgan fingerprint density at radius 2 is 1.86 bits per heavy atom. The maximum atomic E-state index is 12.6. The summed E-state index contributed by atoms with van der Waals surface area (Å²) in [5.74, 6) is 1.45. The lowest BCUT2D eigenvalue weighted by Gasteiger charge is -2.34. The van der Waals surface area contributed by atoms with Gasteiger partial charge in [0, 0.05) is 44.5 Å². The maximum Gasteiger partial charge on any atom is 0.251 e. The lowest BCUT2D eigenvalue weighted by Crippen LogP contribution is -2.50. The van der Waals surface area contributed by atoms with Crippen LogP contribution < -0.4 is 19.7 Å². The molecule has 0 spiro atoms. The van der Waals surface area contributed by atoms with Crippen LogP contribution in [0.1, 0.15) is 10.4 Å². The number of hydrogen-bond acceptors (Lipinski definition) is 7. The minimum Gasteiger partial charge on any atom is -0.454 e. The summed E-state index contributed by atoms with van der Waals surface area (Å²) < 4.78 is 37.2. The second-order valence-corrected chi connectivity index (χ2v) is 8.80. The number of carbonyl (C=O) groups excluding carboxylic acids is 1. The van der Waals surface area contributed by atoms with Gasteiger partial charge in [0.2, 0.25) is 16.8 Å². The van der Waals surface area contributed by atoms with Crippen molar-refractivity contribution in [1.82, 2.24) is 14.6 Å². The zero-order valence-electron chi connectivity index (χ0n) is 15.8. The average Bonchev–Trinajstić information content (AvgIpc) is 3.22. The van der Waals surface area contributed by atoms with Crippen molar-refractivity contribution in [3.63, 3.8) is 0 Å². The molecule has 1 fully saturated rings. The van der Waals surface area contributed by atoms with E-state index >= 15 is 0 Å². The minimum absolute atomic E-state index is 0.0378.